The number of hydrogen-bond acceptors (Lipinski definition) is 3. The van der Waals surface area contributed by atoms with E-state index in [1.807, 2.05) is 0 Å². The van der Waals surface area contributed by atoms with Gasteiger partial charge in [-0.15, -0.1) is 0 Å². The van der Waals surface area contributed by atoms with E-state index in [4.69, 9.17) is 11.6 Å². The second kappa shape index (κ2) is 5.26. The highest BCUT2D eigenvalue weighted by molar-refractivity contribution is 6.32. The van der Waals surface area contributed by atoms with Gasteiger partial charge in [-0.1, -0.05) is 29.8 Å². The summed E-state index contributed by atoms with van der Waals surface area (Å²) in [6.45, 7) is 0. The van der Waals surface area contributed by atoms with Gasteiger partial charge in [0.2, 0.25) is 0 Å². The van der Waals surface area contributed by atoms with E-state index in [0.29, 0.717) is 16.9 Å². The van der Waals surface area contributed by atoms with Gasteiger partial charge in [-0.25, -0.2) is 0 Å². The van der Waals surface area contributed by atoms with Gasteiger partial charge in [-0.3, -0.25) is 10.1 Å². The van der Waals surface area contributed by atoms with Gasteiger partial charge in [0.15, 0.2) is 0 Å². The third kappa shape index (κ3) is 2.89. The van der Waals surface area contributed by atoms with Crippen LogP contribution in [0.3, 0.4) is 0 Å². The van der Waals surface area contributed by atoms with Gasteiger partial charge in [-0.2, -0.15) is 0 Å². The molecule has 5 heteroatoms. The molecule has 0 aliphatic rings. The summed E-state index contributed by atoms with van der Waals surface area (Å²) < 4.78 is 0. The first-order valence-electron chi connectivity index (χ1n) is 4.20. The Morgan fingerprint density at radius 3 is 2.80 bits per heavy atom. The van der Waals surface area contributed by atoms with Gasteiger partial charge in [0.1, 0.15) is 6.29 Å². The number of nitro groups is 1. The van der Waals surface area contributed by atoms with Gasteiger partial charge >= 0.3 is 0 Å². The third-order valence-electron chi connectivity index (χ3n) is 1.74. The van der Waals surface area contributed by atoms with E-state index in [2.05, 4.69) is 0 Å². The molecule has 0 atom stereocenters. The van der Waals surface area contributed by atoms with Crippen LogP contribution in [0.25, 0.3) is 6.08 Å². The summed E-state index contributed by atoms with van der Waals surface area (Å²) in [5.41, 5.74) is 0.260. The molecule has 0 heterocycles. The number of carbonyl (C=O) groups is 1. The van der Waals surface area contributed by atoms with Crippen molar-refractivity contribution in [3.8, 4) is 0 Å². The first-order valence-corrected chi connectivity index (χ1v) is 4.57. The monoisotopic (exact) mass is 225 g/mol. The number of benzene rings is 1. The average Bonchev–Trinajstić information content (AvgIpc) is 2.20. The first-order chi connectivity index (χ1) is 7.16. The minimum Gasteiger partial charge on any atom is -0.303 e. The van der Waals surface area contributed by atoms with Crippen LogP contribution in [0.2, 0.25) is 5.02 Å². The molecule has 0 aliphatic heterocycles. The molecule has 15 heavy (non-hydrogen) atoms. The normalized spacial score (nSPS) is 10.5. The number of allylic oxidation sites excluding steroid dienone is 1. The van der Waals surface area contributed by atoms with Crippen LogP contribution in [0.5, 0.6) is 0 Å². The minimum atomic E-state index is -0.507. The van der Waals surface area contributed by atoms with E-state index < -0.39 is 4.92 Å². The molecule has 0 fully saturated rings. The highest BCUT2D eigenvalue weighted by Crippen LogP contribution is 2.27. The van der Waals surface area contributed by atoms with Crippen LogP contribution in [0.15, 0.2) is 24.3 Å². The Labute approximate surface area is 91.3 Å². The van der Waals surface area contributed by atoms with Gasteiger partial charge < -0.3 is 4.79 Å². The zero-order chi connectivity index (χ0) is 11.3. The summed E-state index contributed by atoms with van der Waals surface area (Å²) in [5, 5.41) is 10.9. The van der Waals surface area contributed by atoms with Gasteiger partial charge in [0, 0.05) is 12.5 Å². The van der Waals surface area contributed by atoms with E-state index in [1.54, 1.807) is 6.07 Å². The highest BCUT2D eigenvalue weighted by Gasteiger charge is 2.13. The van der Waals surface area contributed by atoms with Crippen LogP contribution in [0.4, 0.5) is 5.69 Å². The summed E-state index contributed by atoms with van der Waals surface area (Å²) in [6, 6.07) is 4.44. The Balaban J connectivity index is 3.13. The van der Waals surface area contributed by atoms with Crippen LogP contribution in [0.1, 0.15) is 12.0 Å². The first kappa shape index (κ1) is 11.4. The summed E-state index contributed by atoms with van der Waals surface area (Å²) in [7, 11) is 0. The summed E-state index contributed by atoms with van der Waals surface area (Å²) in [6.07, 6.45) is 3.93. The van der Waals surface area contributed by atoms with E-state index in [-0.39, 0.29) is 12.1 Å². The van der Waals surface area contributed by atoms with Crippen LogP contribution in [0, 0.1) is 10.1 Å². The van der Waals surface area contributed by atoms with Crippen molar-refractivity contribution in [2.45, 2.75) is 6.42 Å². The van der Waals surface area contributed by atoms with Crippen LogP contribution in [-0.2, 0) is 4.79 Å². The molecule has 0 unspecified atom stereocenters. The molecule has 1 rings (SSSR count). The van der Waals surface area contributed by atoms with Gasteiger partial charge in [0.25, 0.3) is 5.69 Å². The molecule has 0 bridgehead atoms. The Morgan fingerprint density at radius 2 is 2.20 bits per heavy atom. The fourth-order valence-electron chi connectivity index (χ4n) is 1.09. The summed E-state index contributed by atoms with van der Waals surface area (Å²) in [5.74, 6) is 0. The van der Waals surface area contributed by atoms with Gasteiger partial charge in [0.05, 0.1) is 15.5 Å². The van der Waals surface area contributed by atoms with Crippen molar-refractivity contribution in [2.75, 3.05) is 0 Å². The van der Waals surface area contributed by atoms with Crippen LogP contribution < -0.4 is 0 Å². The zero-order valence-electron chi connectivity index (χ0n) is 7.72. The van der Waals surface area contributed by atoms with E-state index in [1.165, 1.54) is 24.3 Å². The second-order valence-corrected chi connectivity index (χ2v) is 3.14. The fraction of sp³-hybridized carbons (Fsp3) is 0.100. The molecular formula is C10H8ClNO3. The lowest BCUT2D eigenvalue weighted by atomic mass is 10.1. The largest absolute Gasteiger partial charge is 0.303 e. The number of hydrogen-bond donors (Lipinski definition) is 0. The average molecular weight is 226 g/mol. The maximum atomic E-state index is 10.7. The minimum absolute atomic E-state index is 0.0651. The van der Waals surface area contributed by atoms with Crippen LogP contribution >= 0.6 is 11.6 Å². The Hall–Kier alpha value is -1.68. The molecular weight excluding hydrogens is 218 g/mol. The fourth-order valence-corrected chi connectivity index (χ4v) is 1.32. The predicted molar refractivity (Wildman–Crippen MR) is 57.8 cm³/mol. The maximum Gasteiger partial charge on any atom is 0.278 e. The van der Waals surface area contributed by atoms with Crippen molar-refractivity contribution in [1.82, 2.24) is 0 Å². The molecule has 0 saturated heterocycles. The molecule has 4 nitrogen and oxygen atoms in total. The maximum absolute atomic E-state index is 10.7. The summed E-state index contributed by atoms with van der Waals surface area (Å²) in [4.78, 5) is 20.2. The topological polar surface area (TPSA) is 60.2 Å². The molecule has 0 spiro atoms. The Bertz CT molecular complexity index is 415. The third-order valence-corrected chi connectivity index (χ3v) is 2.07. The zero-order valence-corrected chi connectivity index (χ0v) is 8.48. The highest BCUT2D eigenvalue weighted by atomic mass is 35.5. The second-order valence-electron chi connectivity index (χ2n) is 2.73. The number of halogens is 1. The molecule has 0 aliphatic carbocycles. The molecule has 0 radical (unpaired) electrons. The SMILES string of the molecule is O=CCC=Cc1c(Cl)cccc1[N+](=O)[O-]. The molecule has 1 aromatic carbocycles. The Kier molecular flexibility index (Phi) is 4.00. The lowest BCUT2D eigenvalue weighted by Gasteiger charge is -1.99. The number of nitro benzene ring substituents is 1. The molecule has 0 saturated carbocycles. The lowest BCUT2D eigenvalue weighted by molar-refractivity contribution is -0.385. The smallest absolute Gasteiger partial charge is 0.278 e. The van der Waals surface area contributed by atoms with Crippen molar-refractivity contribution >= 4 is 29.7 Å². The quantitative estimate of drug-likeness (QED) is 0.450. The standard InChI is InChI=1S/C10H8ClNO3/c11-9-5-3-6-10(12(14)15)8(9)4-1-2-7-13/h1,3-7H,2H2. The van der Waals surface area contributed by atoms with Crippen molar-refractivity contribution in [1.29, 1.82) is 0 Å². The summed E-state index contributed by atoms with van der Waals surface area (Å²) >= 11 is 5.81. The van der Waals surface area contributed by atoms with Crippen molar-refractivity contribution in [2.24, 2.45) is 0 Å². The molecule has 0 amide bonds. The van der Waals surface area contributed by atoms with Gasteiger partial charge in [-0.05, 0) is 6.07 Å². The number of nitrogens with zero attached hydrogens (tertiary/aromatic N) is 1. The van der Waals surface area contributed by atoms with Crippen molar-refractivity contribution in [3.05, 3.63) is 45.0 Å². The number of carbonyl (C=O) groups excluding carboxylic acids is 1. The predicted octanol–water partition coefficient (Wildman–Crippen LogP) is 2.85. The molecule has 0 aromatic heterocycles. The molecule has 0 N–H and O–H groups in total. The molecule has 1 aromatic rings. The molecule has 78 valence electrons. The van der Waals surface area contributed by atoms with E-state index in [0.717, 1.165) is 0 Å². The lowest BCUT2D eigenvalue weighted by Crippen LogP contribution is -1.91. The Morgan fingerprint density at radius 1 is 1.47 bits per heavy atom. The number of rotatable bonds is 4. The van der Waals surface area contributed by atoms with Crippen LogP contribution in [-0.4, -0.2) is 11.2 Å². The van der Waals surface area contributed by atoms with E-state index >= 15 is 0 Å². The van der Waals surface area contributed by atoms with Crippen molar-refractivity contribution < 1.29 is 9.72 Å². The number of aldehydes is 1. The van der Waals surface area contributed by atoms with Crippen molar-refractivity contribution in [3.63, 3.8) is 0 Å². The van der Waals surface area contributed by atoms with E-state index in [9.17, 15) is 14.9 Å².